The van der Waals surface area contributed by atoms with Gasteiger partial charge >= 0.3 is 0 Å². The fraction of sp³-hybridized carbons (Fsp3) is 0.444. The van der Waals surface area contributed by atoms with Crippen molar-refractivity contribution in [3.05, 3.63) is 47.7 Å². The normalized spacial score (nSPS) is 24.9. The maximum Gasteiger partial charge on any atom is 0.244 e. The number of nitrogens with zero attached hydrogens (tertiary/aromatic N) is 3. The van der Waals surface area contributed by atoms with Gasteiger partial charge in [0.25, 0.3) is 0 Å². The summed E-state index contributed by atoms with van der Waals surface area (Å²) in [6.07, 6.45) is 4.66. The number of likely N-dealkylation sites (tertiary alicyclic amines) is 1. The lowest BCUT2D eigenvalue weighted by atomic mass is 10.1. The summed E-state index contributed by atoms with van der Waals surface area (Å²) in [5, 5.41) is 15.5. The molecule has 0 spiro atoms. The summed E-state index contributed by atoms with van der Waals surface area (Å²) in [5.74, 6) is 1.96. The molecule has 2 N–H and O–H groups in total. The zero-order valence-electron chi connectivity index (χ0n) is 13.4. The van der Waals surface area contributed by atoms with Crippen molar-refractivity contribution in [2.75, 3.05) is 6.54 Å². The highest BCUT2D eigenvalue weighted by molar-refractivity contribution is 5.82. The minimum absolute atomic E-state index is 0.00587. The number of aromatic nitrogens is 3. The van der Waals surface area contributed by atoms with E-state index in [0.717, 1.165) is 30.7 Å². The number of aliphatic hydroxyl groups is 1. The van der Waals surface area contributed by atoms with Crippen LogP contribution in [0.3, 0.4) is 0 Å². The summed E-state index contributed by atoms with van der Waals surface area (Å²) in [6, 6.07) is 8.28. The first-order valence-corrected chi connectivity index (χ1v) is 8.58. The van der Waals surface area contributed by atoms with Crippen molar-refractivity contribution in [1.82, 2.24) is 20.0 Å². The van der Waals surface area contributed by atoms with Crippen molar-refractivity contribution < 1.29 is 9.63 Å². The van der Waals surface area contributed by atoms with Crippen molar-refractivity contribution in [3.8, 4) is 0 Å². The number of benzene rings is 1. The van der Waals surface area contributed by atoms with Gasteiger partial charge in [-0.05, 0) is 30.9 Å². The Labute approximate surface area is 139 Å². The number of hydrogen-bond donors (Lipinski definition) is 2. The molecule has 6 heteroatoms. The average Bonchev–Trinajstić information content (AvgIpc) is 3.03. The van der Waals surface area contributed by atoms with Crippen LogP contribution in [0.2, 0.25) is 0 Å². The largest absolute Gasteiger partial charge is 0.392 e. The molecule has 0 unspecified atom stereocenters. The molecule has 1 aliphatic carbocycles. The van der Waals surface area contributed by atoms with Crippen LogP contribution in [-0.4, -0.2) is 37.8 Å². The van der Waals surface area contributed by atoms with Gasteiger partial charge in [-0.3, -0.25) is 4.90 Å². The molecule has 1 aliphatic heterocycles. The maximum absolute atomic E-state index is 10.2. The van der Waals surface area contributed by atoms with Crippen LogP contribution in [0.1, 0.15) is 48.5 Å². The molecule has 5 rings (SSSR count). The Morgan fingerprint density at radius 1 is 1.29 bits per heavy atom. The SMILES string of the molecule is O[C@@H]1C[C@@H](c2nc(C3CC3)no2)N(Cc2c[nH]c3ccccc23)C1. The molecular formula is C18H20N4O2. The van der Waals surface area contributed by atoms with E-state index in [1.807, 2.05) is 6.07 Å². The van der Waals surface area contributed by atoms with Crippen LogP contribution < -0.4 is 0 Å². The van der Waals surface area contributed by atoms with Crippen molar-refractivity contribution in [1.29, 1.82) is 0 Å². The minimum atomic E-state index is -0.350. The molecular weight excluding hydrogens is 304 g/mol. The predicted molar refractivity (Wildman–Crippen MR) is 88.3 cm³/mol. The quantitative estimate of drug-likeness (QED) is 0.771. The van der Waals surface area contributed by atoms with Gasteiger partial charge < -0.3 is 14.6 Å². The van der Waals surface area contributed by atoms with E-state index in [4.69, 9.17) is 4.52 Å². The van der Waals surface area contributed by atoms with Crippen molar-refractivity contribution in [2.45, 2.75) is 43.9 Å². The van der Waals surface area contributed by atoms with E-state index in [0.29, 0.717) is 24.8 Å². The third-order valence-electron chi connectivity index (χ3n) is 5.11. The van der Waals surface area contributed by atoms with Gasteiger partial charge in [-0.25, -0.2) is 0 Å². The molecule has 2 atom stereocenters. The highest BCUT2D eigenvalue weighted by Crippen LogP contribution is 2.40. The summed E-state index contributed by atoms with van der Waals surface area (Å²) >= 11 is 0. The van der Waals surface area contributed by atoms with E-state index >= 15 is 0 Å². The molecule has 3 aromatic rings. The summed E-state index contributed by atoms with van der Waals surface area (Å²) < 4.78 is 5.51. The number of rotatable bonds is 4. The zero-order valence-corrected chi connectivity index (χ0v) is 13.4. The third kappa shape index (κ3) is 2.42. The molecule has 1 saturated carbocycles. The average molecular weight is 324 g/mol. The van der Waals surface area contributed by atoms with Gasteiger partial charge in [0.1, 0.15) is 0 Å². The topological polar surface area (TPSA) is 78.2 Å². The second kappa shape index (κ2) is 5.43. The monoisotopic (exact) mass is 324 g/mol. The van der Waals surface area contributed by atoms with Gasteiger partial charge in [0, 0.05) is 36.1 Å². The fourth-order valence-electron chi connectivity index (χ4n) is 3.68. The minimum Gasteiger partial charge on any atom is -0.392 e. The van der Waals surface area contributed by atoms with E-state index in [1.165, 1.54) is 10.9 Å². The van der Waals surface area contributed by atoms with E-state index < -0.39 is 0 Å². The number of para-hydroxylation sites is 1. The van der Waals surface area contributed by atoms with Crippen molar-refractivity contribution in [2.24, 2.45) is 0 Å². The molecule has 2 aliphatic rings. The lowest BCUT2D eigenvalue weighted by Crippen LogP contribution is -2.24. The summed E-state index contributed by atoms with van der Waals surface area (Å²) in [5.41, 5.74) is 2.37. The molecule has 3 heterocycles. The Kier molecular flexibility index (Phi) is 3.21. The lowest BCUT2D eigenvalue weighted by molar-refractivity contribution is 0.169. The number of aromatic amines is 1. The Morgan fingerprint density at radius 2 is 2.17 bits per heavy atom. The highest BCUT2D eigenvalue weighted by Gasteiger charge is 2.37. The van der Waals surface area contributed by atoms with E-state index in [9.17, 15) is 5.11 Å². The van der Waals surface area contributed by atoms with Gasteiger partial charge in [0.15, 0.2) is 5.82 Å². The maximum atomic E-state index is 10.2. The summed E-state index contributed by atoms with van der Waals surface area (Å²) in [6.45, 7) is 1.39. The highest BCUT2D eigenvalue weighted by atomic mass is 16.5. The number of fused-ring (bicyclic) bond motifs is 1. The lowest BCUT2D eigenvalue weighted by Gasteiger charge is -2.20. The molecule has 0 amide bonds. The molecule has 1 aromatic carbocycles. The molecule has 0 radical (unpaired) electrons. The molecule has 124 valence electrons. The third-order valence-corrected chi connectivity index (χ3v) is 5.11. The van der Waals surface area contributed by atoms with Crippen LogP contribution in [0, 0.1) is 0 Å². The van der Waals surface area contributed by atoms with Crippen molar-refractivity contribution >= 4 is 10.9 Å². The van der Waals surface area contributed by atoms with Gasteiger partial charge in [-0.1, -0.05) is 23.4 Å². The van der Waals surface area contributed by atoms with E-state index in [2.05, 4.69) is 44.4 Å². The smallest absolute Gasteiger partial charge is 0.244 e. The number of aliphatic hydroxyl groups excluding tert-OH is 1. The van der Waals surface area contributed by atoms with E-state index in [1.54, 1.807) is 0 Å². The number of H-pyrrole nitrogens is 1. The van der Waals surface area contributed by atoms with Crippen LogP contribution in [-0.2, 0) is 6.54 Å². The van der Waals surface area contributed by atoms with Gasteiger partial charge in [-0.2, -0.15) is 4.98 Å². The van der Waals surface area contributed by atoms with Crippen LogP contribution in [0.5, 0.6) is 0 Å². The van der Waals surface area contributed by atoms with Crippen LogP contribution >= 0.6 is 0 Å². The van der Waals surface area contributed by atoms with Crippen LogP contribution in [0.15, 0.2) is 35.0 Å². The first-order chi connectivity index (χ1) is 11.8. The second-order valence-electron chi connectivity index (χ2n) is 6.96. The number of hydrogen-bond acceptors (Lipinski definition) is 5. The molecule has 24 heavy (non-hydrogen) atoms. The standard InChI is InChI=1S/C18H20N4O2/c23-13-7-16(18-20-17(21-24-18)11-5-6-11)22(10-13)9-12-8-19-15-4-2-1-3-14(12)15/h1-4,8,11,13,16,19,23H,5-7,9-10H2/t13-,16+/m1/s1. The number of β-amino-alcohol motifs (C(OH)–C–C–N with tert-alkyl or cyclic N) is 1. The molecule has 2 fully saturated rings. The zero-order chi connectivity index (χ0) is 16.1. The van der Waals surface area contributed by atoms with Crippen molar-refractivity contribution in [3.63, 3.8) is 0 Å². The Hall–Kier alpha value is -2.18. The van der Waals surface area contributed by atoms with Crippen LogP contribution in [0.25, 0.3) is 10.9 Å². The number of nitrogens with one attached hydrogen (secondary N) is 1. The van der Waals surface area contributed by atoms with E-state index in [-0.39, 0.29) is 12.1 Å². The molecule has 0 bridgehead atoms. The first kappa shape index (κ1) is 14.2. The predicted octanol–water partition coefficient (Wildman–Crippen LogP) is 2.74. The molecule has 1 saturated heterocycles. The first-order valence-electron chi connectivity index (χ1n) is 8.58. The molecule has 6 nitrogen and oxygen atoms in total. The Bertz CT molecular complexity index is 867. The Balaban J connectivity index is 1.42. The van der Waals surface area contributed by atoms with Gasteiger partial charge in [0.2, 0.25) is 5.89 Å². The van der Waals surface area contributed by atoms with Gasteiger partial charge in [-0.15, -0.1) is 0 Å². The van der Waals surface area contributed by atoms with Gasteiger partial charge in [0.05, 0.1) is 12.1 Å². The fourth-order valence-corrected chi connectivity index (χ4v) is 3.68. The second-order valence-corrected chi connectivity index (χ2v) is 6.96. The summed E-state index contributed by atoms with van der Waals surface area (Å²) in [4.78, 5) is 10.1. The Morgan fingerprint density at radius 3 is 3.04 bits per heavy atom. The van der Waals surface area contributed by atoms with Crippen LogP contribution in [0.4, 0.5) is 0 Å². The molecule has 2 aromatic heterocycles. The summed E-state index contributed by atoms with van der Waals surface area (Å²) in [7, 11) is 0.